The molecule has 0 aromatic rings. The molecule has 0 aromatic heterocycles. The van der Waals surface area contributed by atoms with E-state index in [1.807, 2.05) is 0 Å². The number of amides is 1. The minimum absolute atomic E-state index is 0.122. The molecule has 1 amide bonds. The van der Waals surface area contributed by atoms with Crippen LogP contribution in [0.1, 0.15) is 116 Å². The molecule has 7 aliphatic carbocycles. The second-order valence-electron chi connectivity index (χ2n) is 15.8. The van der Waals surface area contributed by atoms with E-state index in [-0.39, 0.29) is 35.6 Å². The number of alkyl halides is 1. The van der Waals surface area contributed by atoms with Crippen molar-refractivity contribution >= 4 is 11.7 Å². The van der Waals surface area contributed by atoms with Crippen molar-refractivity contribution < 1.29 is 19.0 Å². The lowest BCUT2D eigenvalue weighted by Crippen LogP contribution is -2.67. The fourth-order valence-corrected chi connectivity index (χ4v) is 11.2. The number of likely N-dealkylation sites (tertiary alicyclic amines) is 1. The summed E-state index contributed by atoms with van der Waals surface area (Å²) >= 11 is 0. The smallest absolute Gasteiger partial charge is 0.237 e. The zero-order chi connectivity index (χ0) is 28.4. The number of nitrogens with two attached hydrogens (primary N) is 1. The molecule has 230 valence electrons. The Balaban J connectivity index is 1.01. The zero-order valence-corrected chi connectivity index (χ0v) is 24.9. The molecule has 41 heavy (non-hydrogen) atoms. The third-order valence-corrected chi connectivity index (χ3v) is 12.7. The lowest BCUT2D eigenvalue weighted by Gasteiger charge is -2.60. The summed E-state index contributed by atoms with van der Waals surface area (Å²) in [5, 5.41) is 23.0. The highest BCUT2D eigenvalue weighted by molar-refractivity contribution is 5.83. The van der Waals surface area contributed by atoms with Gasteiger partial charge in [0.1, 0.15) is 6.17 Å². The molecule has 6 unspecified atom stereocenters. The maximum atomic E-state index is 14.2. The van der Waals surface area contributed by atoms with Gasteiger partial charge in [0.15, 0.2) is 0 Å². The van der Waals surface area contributed by atoms with Gasteiger partial charge in [-0.15, -0.1) is 0 Å². The first-order chi connectivity index (χ1) is 19.7. The maximum absolute atomic E-state index is 14.2. The Kier molecular flexibility index (Phi) is 7.67. The Morgan fingerprint density at radius 1 is 0.927 bits per heavy atom. The van der Waals surface area contributed by atoms with E-state index in [0.717, 1.165) is 103 Å². The van der Waals surface area contributed by atoms with E-state index in [1.165, 1.54) is 6.42 Å². The SMILES string of the molecule is N=C(N)C1CCC2CC(C(=O)NC34CC5CC(CC(O)(C5)C3)C4)N(CC3CCC(OC4CCC(F)CC4)CC3)C2C1. The Morgan fingerprint density at radius 3 is 2.22 bits per heavy atom. The van der Waals surface area contributed by atoms with Gasteiger partial charge in [-0.2, -0.15) is 0 Å². The number of rotatable bonds is 7. The van der Waals surface area contributed by atoms with Crippen LogP contribution in [0, 0.1) is 35.0 Å². The number of carbonyl (C=O) groups excluding carboxylic acids is 1. The van der Waals surface area contributed by atoms with Gasteiger partial charge in [-0.05, 0) is 139 Å². The van der Waals surface area contributed by atoms with Crippen LogP contribution in [0.5, 0.6) is 0 Å². The van der Waals surface area contributed by atoms with Gasteiger partial charge in [0.25, 0.3) is 0 Å². The number of nitrogens with zero attached hydrogens (tertiary/aromatic N) is 1. The summed E-state index contributed by atoms with van der Waals surface area (Å²) in [7, 11) is 0. The van der Waals surface area contributed by atoms with E-state index in [1.54, 1.807) is 0 Å². The summed E-state index contributed by atoms with van der Waals surface area (Å²) in [6.45, 7) is 0.936. The van der Waals surface area contributed by atoms with Gasteiger partial charge in [-0.25, -0.2) is 4.39 Å². The Labute approximate surface area is 245 Å². The number of amidine groups is 1. The fraction of sp³-hybridized carbons (Fsp3) is 0.939. The summed E-state index contributed by atoms with van der Waals surface area (Å²) < 4.78 is 20.0. The molecular weight excluding hydrogens is 519 g/mol. The van der Waals surface area contributed by atoms with Gasteiger partial charge >= 0.3 is 0 Å². The summed E-state index contributed by atoms with van der Waals surface area (Å²) in [4.78, 5) is 16.7. The minimum atomic E-state index is -0.643. The Hall–Kier alpha value is -1.25. The quantitative estimate of drug-likeness (QED) is 0.258. The van der Waals surface area contributed by atoms with Gasteiger partial charge in [0, 0.05) is 24.0 Å². The van der Waals surface area contributed by atoms with Crippen LogP contribution < -0.4 is 11.1 Å². The highest BCUT2D eigenvalue weighted by atomic mass is 19.1. The van der Waals surface area contributed by atoms with Gasteiger partial charge in [-0.1, -0.05) is 0 Å². The largest absolute Gasteiger partial charge is 0.390 e. The summed E-state index contributed by atoms with van der Waals surface area (Å²) in [5.41, 5.74) is 5.20. The van der Waals surface area contributed by atoms with Crippen LogP contribution >= 0.6 is 0 Å². The summed E-state index contributed by atoms with van der Waals surface area (Å²) in [6.07, 6.45) is 16.8. The van der Waals surface area contributed by atoms with E-state index < -0.39 is 11.8 Å². The van der Waals surface area contributed by atoms with Crippen LogP contribution in [0.15, 0.2) is 0 Å². The third-order valence-electron chi connectivity index (χ3n) is 12.7. The van der Waals surface area contributed by atoms with Crippen molar-refractivity contribution in [1.29, 1.82) is 5.41 Å². The van der Waals surface area contributed by atoms with E-state index in [2.05, 4.69) is 10.2 Å². The molecule has 7 nitrogen and oxygen atoms in total. The minimum Gasteiger partial charge on any atom is -0.390 e. The number of nitrogens with one attached hydrogen (secondary N) is 2. The number of carbonyl (C=O) groups is 1. The van der Waals surface area contributed by atoms with Crippen molar-refractivity contribution in [2.45, 2.75) is 157 Å². The molecule has 0 spiro atoms. The lowest BCUT2D eigenvalue weighted by molar-refractivity contribution is -0.153. The molecule has 1 heterocycles. The average molecular weight is 573 g/mol. The lowest BCUT2D eigenvalue weighted by atomic mass is 9.51. The molecule has 8 fully saturated rings. The third kappa shape index (κ3) is 5.83. The van der Waals surface area contributed by atoms with Crippen molar-refractivity contribution in [2.75, 3.05) is 6.54 Å². The molecule has 8 aliphatic rings. The number of hydrogen-bond donors (Lipinski definition) is 4. The van der Waals surface area contributed by atoms with E-state index in [9.17, 15) is 14.3 Å². The average Bonchev–Trinajstić information content (AvgIpc) is 3.27. The van der Waals surface area contributed by atoms with Crippen molar-refractivity contribution in [1.82, 2.24) is 10.2 Å². The fourth-order valence-electron chi connectivity index (χ4n) is 11.2. The van der Waals surface area contributed by atoms with E-state index in [4.69, 9.17) is 15.9 Å². The molecule has 0 aromatic carbocycles. The first kappa shape index (κ1) is 28.5. The predicted molar refractivity (Wildman–Crippen MR) is 156 cm³/mol. The van der Waals surface area contributed by atoms with Crippen molar-refractivity contribution in [3.05, 3.63) is 0 Å². The monoisotopic (exact) mass is 572 g/mol. The number of fused-ring (bicyclic) bond motifs is 1. The molecule has 1 saturated heterocycles. The van der Waals surface area contributed by atoms with Crippen LogP contribution in [0.2, 0.25) is 0 Å². The summed E-state index contributed by atoms with van der Waals surface area (Å²) in [6, 6.07) is 0.196. The van der Waals surface area contributed by atoms with Crippen molar-refractivity contribution in [3.63, 3.8) is 0 Å². The van der Waals surface area contributed by atoms with E-state index >= 15 is 0 Å². The highest BCUT2D eigenvalue weighted by Crippen LogP contribution is 2.57. The zero-order valence-electron chi connectivity index (χ0n) is 24.9. The van der Waals surface area contributed by atoms with E-state index in [0.29, 0.717) is 48.4 Å². The molecule has 1 aliphatic heterocycles. The number of aliphatic hydroxyl groups is 1. The first-order valence-corrected chi connectivity index (χ1v) is 17.1. The second-order valence-corrected chi connectivity index (χ2v) is 15.8. The van der Waals surface area contributed by atoms with Gasteiger partial charge in [0.05, 0.1) is 29.7 Å². The topological polar surface area (TPSA) is 112 Å². The Morgan fingerprint density at radius 2 is 1.59 bits per heavy atom. The molecule has 4 bridgehead atoms. The molecule has 8 heteroatoms. The standard InChI is InChI=1S/C33H53FN4O3/c34-25-5-9-27(10-6-25)41-26-7-1-20(2-8-26)18-38-28-13-24(30(35)36)4-3-23(28)12-29(38)31(39)37-32-14-21-11-22(15-32)17-33(40,16-21)19-32/h20-29,40H,1-19H2,(H3,35,36)(H,37,39). The van der Waals surface area contributed by atoms with Crippen LogP contribution in [0.4, 0.5) is 4.39 Å². The van der Waals surface area contributed by atoms with Gasteiger partial charge < -0.3 is 20.9 Å². The number of hydrogen-bond acceptors (Lipinski definition) is 5. The molecule has 7 saturated carbocycles. The van der Waals surface area contributed by atoms with Crippen LogP contribution in [0.3, 0.4) is 0 Å². The molecular formula is C33H53FN4O3. The second kappa shape index (κ2) is 11.0. The van der Waals surface area contributed by atoms with Gasteiger partial charge in [-0.3, -0.25) is 15.1 Å². The van der Waals surface area contributed by atoms with Crippen LogP contribution in [-0.4, -0.2) is 69.9 Å². The maximum Gasteiger partial charge on any atom is 0.237 e. The molecule has 0 radical (unpaired) electrons. The summed E-state index contributed by atoms with van der Waals surface area (Å²) in [5.74, 6) is 2.74. The Bertz CT molecular complexity index is 979. The van der Waals surface area contributed by atoms with Crippen molar-refractivity contribution in [2.24, 2.45) is 35.3 Å². The van der Waals surface area contributed by atoms with Crippen LogP contribution in [0.25, 0.3) is 0 Å². The molecule has 5 N–H and O–H groups in total. The first-order valence-electron chi connectivity index (χ1n) is 17.1. The predicted octanol–water partition coefficient (Wildman–Crippen LogP) is 4.84. The highest BCUT2D eigenvalue weighted by Gasteiger charge is 2.58. The van der Waals surface area contributed by atoms with Crippen molar-refractivity contribution in [3.8, 4) is 0 Å². The number of halogens is 1. The number of ether oxygens (including phenoxy) is 1. The molecule has 6 atom stereocenters. The normalized spacial score (nSPS) is 49.5. The molecule has 8 rings (SSSR count). The van der Waals surface area contributed by atoms with Crippen LogP contribution in [-0.2, 0) is 9.53 Å². The van der Waals surface area contributed by atoms with Gasteiger partial charge in [0.2, 0.25) is 5.91 Å².